The molecule has 6 heteroatoms. The number of aromatic nitrogens is 2. The summed E-state index contributed by atoms with van der Waals surface area (Å²) in [6.45, 7) is 5.98. The molecule has 0 radical (unpaired) electrons. The number of nitrogens with one attached hydrogen (secondary N) is 1. The number of rotatable bonds is 3. The molecule has 2 heterocycles. The lowest BCUT2D eigenvalue weighted by Crippen LogP contribution is -2.54. The van der Waals surface area contributed by atoms with Gasteiger partial charge < -0.3 is 14.8 Å². The van der Waals surface area contributed by atoms with Gasteiger partial charge in [-0.2, -0.15) is 0 Å². The number of nitrogens with zero attached hydrogens (tertiary/aromatic N) is 3. The third-order valence-electron chi connectivity index (χ3n) is 3.76. The zero-order valence-corrected chi connectivity index (χ0v) is 12.5. The summed E-state index contributed by atoms with van der Waals surface area (Å²) in [7, 11) is 1.94. The molecule has 0 aromatic carbocycles. The number of aryl methyl sites for hydroxylation is 1. The largest absolute Gasteiger partial charge is 0.342 e. The molecular weight excluding hydrogens is 256 g/mol. The smallest absolute Gasteiger partial charge is 0.248 e. The maximum absolute atomic E-state index is 12.6. The van der Waals surface area contributed by atoms with Crippen LogP contribution in [0.15, 0.2) is 12.4 Å². The van der Waals surface area contributed by atoms with Crippen LogP contribution in [0.4, 0.5) is 0 Å². The zero-order valence-electron chi connectivity index (χ0n) is 12.5. The molecule has 6 nitrogen and oxygen atoms in total. The fourth-order valence-electron chi connectivity index (χ4n) is 2.57. The molecule has 0 spiro atoms. The first-order valence-electron chi connectivity index (χ1n) is 6.89. The molecule has 1 fully saturated rings. The van der Waals surface area contributed by atoms with E-state index in [1.165, 1.54) is 0 Å². The molecule has 1 saturated heterocycles. The highest BCUT2D eigenvalue weighted by Crippen LogP contribution is 2.18. The van der Waals surface area contributed by atoms with Gasteiger partial charge in [-0.25, -0.2) is 4.98 Å². The number of hydrogen-bond acceptors (Lipinski definition) is 3. The van der Waals surface area contributed by atoms with Crippen molar-refractivity contribution >= 4 is 11.8 Å². The molecule has 1 aromatic heterocycles. The average Bonchev–Trinajstić information content (AvgIpc) is 2.70. The Labute approximate surface area is 119 Å². The van der Waals surface area contributed by atoms with Gasteiger partial charge in [0.05, 0.1) is 0 Å². The van der Waals surface area contributed by atoms with Crippen molar-refractivity contribution in [2.24, 2.45) is 7.05 Å². The number of imidazole rings is 1. The number of carbonyl (C=O) groups excluding carboxylic acids is 2. The van der Waals surface area contributed by atoms with Crippen LogP contribution in [0.3, 0.4) is 0 Å². The minimum Gasteiger partial charge on any atom is -0.342 e. The van der Waals surface area contributed by atoms with E-state index in [1.807, 2.05) is 24.7 Å². The van der Waals surface area contributed by atoms with Crippen LogP contribution in [0.2, 0.25) is 0 Å². The standard InChI is InChI=1S/C14H22N4O2/c1-10-9-12(19)16-14(2,3)13(20)18(10)7-5-11-15-6-8-17(11)4/h6,8,10H,5,7,9H2,1-4H3,(H,16,19). The van der Waals surface area contributed by atoms with Crippen molar-refractivity contribution < 1.29 is 9.59 Å². The van der Waals surface area contributed by atoms with Crippen molar-refractivity contribution in [1.82, 2.24) is 19.8 Å². The van der Waals surface area contributed by atoms with Crippen molar-refractivity contribution in [3.8, 4) is 0 Å². The van der Waals surface area contributed by atoms with Gasteiger partial charge in [0.1, 0.15) is 11.4 Å². The lowest BCUT2D eigenvalue weighted by molar-refractivity contribution is -0.138. The second kappa shape index (κ2) is 5.26. The van der Waals surface area contributed by atoms with Gasteiger partial charge in [0.15, 0.2) is 0 Å². The van der Waals surface area contributed by atoms with E-state index < -0.39 is 5.54 Å². The van der Waals surface area contributed by atoms with Gasteiger partial charge in [0.25, 0.3) is 0 Å². The van der Waals surface area contributed by atoms with E-state index in [9.17, 15) is 9.59 Å². The van der Waals surface area contributed by atoms with Crippen molar-refractivity contribution in [1.29, 1.82) is 0 Å². The van der Waals surface area contributed by atoms with Crippen molar-refractivity contribution in [2.45, 2.75) is 45.2 Å². The summed E-state index contributed by atoms with van der Waals surface area (Å²) in [5, 5.41) is 2.78. The summed E-state index contributed by atoms with van der Waals surface area (Å²) in [5.74, 6) is 0.826. The fraction of sp³-hybridized carbons (Fsp3) is 0.643. The summed E-state index contributed by atoms with van der Waals surface area (Å²) in [6, 6.07) is -0.0930. The summed E-state index contributed by atoms with van der Waals surface area (Å²) < 4.78 is 1.95. The summed E-state index contributed by atoms with van der Waals surface area (Å²) >= 11 is 0. The molecule has 0 aliphatic carbocycles. The summed E-state index contributed by atoms with van der Waals surface area (Å²) in [5.41, 5.74) is -0.844. The van der Waals surface area contributed by atoms with Crippen molar-refractivity contribution in [3.63, 3.8) is 0 Å². The van der Waals surface area contributed by atoms with Gasteiger partial charge in [-0.1, -0.05) is 0 Å². The highest BCUT2D eigenvalue weighted by atomic mass is 16.2. The quantitative estimate of drug-likeness (QED) is 0.874. The van der Waals surface area contributed by atoms with E-state index in [4.69, 9.17) is 0 Å². The maximum Gasteiger partial charge on any atom is 0.248 e. The minimum atomic E-state index is -0.844. The van der Waals surface area contributed by atoms with Crippen molar-refractivity contribution in [2.75, 3.05) is 6.54 Å². The first-order chi connectivity index (χ1) is 9.31. The van der Waals surface area contributed by atoms with Gasteiger partial charge in [-0.3, -0.25) is 9.59 Å². The lowest BCUT2D eigenvalue weighted by atomic mass is 10.0. The molecule has 0 saturated carbocycles. The van der Waals surface area contributed by atoms with Crippen LogP contribution in [0.1, 0.15) is 33.0 Å². The average molecular weight is 278 g/mol. The van der Waals surface area contributed by atoms with E-state index in [1.54, 1.807) is 24.9 Å². The first kappa shape index (κ1) is 14.6. The van der Waals surface area contributed by atoms with Gasteiger partial charge >= 0.3 is 0 Å². The first-order valence-corrected chi connectivity index (χ1v) is 6.89. The van der Waals surface area contributed by atoms with Gasteiger partial charge in [0, 0.05) is 44.9 Å². The SMILES string of the molecule is CC1CC(=O)NC(C)(C)C(=O)N1CCc1nccn1C. The van der Waals surface area contributed by atoms with Gasteiger partial charge in [0.2, 0.25) is 11.8 Å². The molecule has 1 aliphatic heterocycles. The molecule has 0 bridgehead atoms. The van der Waals surface area contributed by atoms with Crippen LogP contribution in [0.5, 0.6) is 0 Å². The summed E-state index contributed by atoms with van der Waals surface area (Å²) in [6.07, 6.45) is 4.66. The molecular formula is C14H22N4O2. The molecule has 1 atom stereocenters. The Morgan fingerprint density at radius 1 is 1.45 bits per heavy atom. The Kier molecular flexibility index (Phi) is 3.83. The van der Waals surface area contributed by atoms with Crippen LogP contribution in [-0.4, -0.2) is 44.4 Å². The monoisotopic (exact) mass is 278 g/mol. The highest BCUT2D eigenvalue weighted by Gasteiger charge is 2.39. The van der Waals surface area contributed by atoms with E-state index >= 15 is 0 Å². The Hall–Kier alpha value is -1.85. The minimum absolute atomic E-state index is 0.0370. The predicted octanol–water partition coefficient (Wildman–Crippen LogP) is 0.478. The second-order valence-corrected chi connectivity index (χ2v) is 5.93. The van der Waals surface area contributed by atoms with E-state index in [0.717, 1.165) is 5.82 Å². The van der Waals surface area contributed by atoms with Gasteiger partial charge in [-0.15, -0.1) is 0 Å². The normalized spacial score (nSPS) is 22.6. The van der Waals surface area contributed by atoms with E-state index in [0.29, 0.717) is 19.4 Å². The predicted molar refractivity (Wildman–Crippen MR) is 74.9 cm³/mol. The Bertz CT molecular complexity index is 521. The lowest BCUT2D eigenvalue weighted by Gasteiger charge is -2.31. The summed E-state index contributed by atoms with van der Waals surface area (Å²) in [4.78, 5) is 30.4. The molecule has 2 rings (SSSR count). The van der Waals surface area contributed by atoms with Crippen molar-refractivity contribution in [3.05, 3.63) is 18.2 Å². The van der Waals surface area contributed by atoms with Crippen LogP contribution in [0.25, 0.3) is 0 Å². The third-order valence-corrected chi connectivity index (χ3v) is 3.76. The van der Waals surface area contributed by atoms with Gasteiger partial charge in [-0.05, 0) is 20.8 Å². The van der Waals surface area contributed by atoms with Crippen LogP contribution in [0, 0.1) is 0 Å². The molecule has 20 heavy (non-hydrogen) atoms. The van der Waals surface area contributed by atoms with Crippen LogP contribution < -0.4 is 5.32 Å². The van der Waals surface area contributed by atoms with Crippen LogP contribution >= 0.6 is 0 Å². The molecule has 2 amide bonds. The van der Waals surface area contributed by atoms with Crippen LogP contribution in [-0.2, 0) is 23.1 Å². The zero-order chi connectivity index (χ0) is 14.9. The Morgan fingerprint density at radius 3 is 2.75 bits per heavy atom. The number of carbonyl (C=O) groups is 2. The highest BCUT2D eigenvalue weighted by molar-refractivity contribution is 5.93. The Balaban J connectivity index is 2.13. The molecule has 110 valence electrons. The fourth-order valence-corrected chi connectivity index (χ4v) is 2.57. The molecule has 1 N–H and O–H groups in total. The third kappa shape index (κ3) is 2.84. The molecule has 1 unspecified atom stereocenters. The molecule has 1 aromatic rings. The number of hydrogen-bond donors (Lipinski definition) is 1. The molecule has 1 aliphatic rings. The number of amides is 2. The topological polar surface area (TPSA) is 67.2 Å². The van der Waals surface area contributed by atoms with E-state index in [2.05, 4.69) is 10.3 Å². The Morgan fingerprint density at radius 2 is 2.15 bits per heavy atom. The van der Waals surface area contributed by atoms with E-state index in [-0.39, 0.29) is 17.9 Å². The second-order valence-electron chi connectivity index (χ2n) is 5.93. The maximum atomic E-state index is 12.6.